The van der Waals surface area contributed by atoms with Gasteiger partial charge in [0.15, 0.2) is 4.32 Å². The lowest BCUT2D eigenvalue weighted by molar-refractivity contribution is -0.384. The highest BCUT2D eigenvalue weighted by molar-refractivity contribution is 8.27. The second kappa shape index (κ2) is 6.91. The minimum atomic E-state index is -0.576. The van der Waals surface area contributed by atoms with Gasteiger partial charge < -0.3 is 0 Å². The van der Waals surface area contributed by atoms with Crippen molar-refractivity contribution in [2.24, 2.45) is 0 Å². The van der Waals surface area contributed by atoms with Crippen LogP contribution in [0.4, 0.5) is 15.8 Å². The fourth-order valence-corrected chi connectivity index (χ4v) is 3.65. The summed E-state index contributed by atoms with van der Waals surface area (Å²) < 4.78 is 14.1. The number of rotatable bonds is 3. The Morgan fingerprint density at radius 1 is 1.28 bits per heavy atom. The number of nitro benzene ring substituents is 1. The summed E-state index contributed by atoms with van der Waals surface area (Å²) in [7, 11) is 0. The molecule has 1 aliphatic heterocycles. The summed E-state index contributed by atoms with van der Waals surface area (Å²) in [4.78, 5) is 24.2. The van der Waals surface area contributed by atoms with Gasteiger partial charge in [0, 0.05) is 22.7 Å². The van der Waals surface area contributed by atoms with E-state index in [4.69, 9.17) is 23.8 Å². The van der Waals surface area contributed by atoms with Crippen LogP contribution in [0.1, 0.15) is 5.56 Å². The fraction of sp³-hybridized carbons (Fsp3) is 0. The van der Waals surface area contributed by atoms with Crippen LogP contribution in [0.2, 0.25) is 5.02 Å². The van der Waals surface area contributed by atoms with Crippen LogP contribution in [0.15, 0.2) is 47.4 Å². The van der Waals surface area contributed by atoms with Gasteiger partial charge in [-0.2, -0.15) is 0 Å². The van der Waals surface area contributed by atoms with Gasteiger partial charge in [-0.1, -0.05) is 47.7 Å². The standard InChI is InChI=1S/C16H8ClFN2O3S2/c17-11-6-5-10(20(22)23)7-9(11)8-14-15(21)19(16(24)25-14)13-4-2-1-3-12(13)18/h1-8H/b14-8+. The maximum absolute atomic E-state index is 14.0. The van der Waals surface area contributed by atoms with Gasteiger partial charge >= 0.3 is 0 Å². The molecule has 2 aromatic rings. The molecule has 1 aliphatic rings. The minimum absolute atomic E-state index is 0.0542. The van der Waals surface area contributed by atoms with Crippen molar-refractivity contribution in [2.75, 3.05) is 4.90 Å². The summed E-state index contributed by atoms with van der Waals surface area (Å²) in [5.74, 6) is -1.09. The zero-order valence-corrected chi connectivity index (χ0v) is 14.7. The Labute approximate surface area is 156 Å². The van der Waals surface area contributed by atoms with Crippen molar-refractivity contribution in [3.63, 3.8) is 0 Å². The van der Waals surface area contributed by atoms with Gasteiger partial charge in [-0.3, -0.25) is 19.8 Å². The molecule has 0 radical (unpaired) electrons. The molecule has 0 bridgehead atoms. The van der Waals surface area contributed by atoms with Crippen molar-refractivity contribution >= 4 is 63.3 Å². The molecule has 0 N–H and O–H groups in total. The largest absolute Gasteiger partial charge is 0.270 e. The molecule has 5 nitrogen and oxygen atoms in total. The van der Waals surface area contributed by atoms with E-state index in [2.05, 4.69) is 0 Å². The molecule has 1 heterocycles. The van der Waals surface area contributed by atoms with E-state index in [-0.39, 0.29) is 25.6 Å². The lowest BCUT2D eigenvalue weighted by Crippen LogP contribution is -2.28. The lowest BCUT2D eigenvalue weighted by atomic mass is 10.2. The number of halogens is 2. The molecule has 0 aliphatic carbocycles. The van der Waals surface area contributed by atoms with Gasteiger partial charge in [-0.25, -0.2) is 4.39 Å². The number of non-ortho nitro benzene ring substituents is 1. The van der Waals surface area contributed by atoms with Gasteiger partial charge in [-0.05, 0) is 24.3 Å². The Bertz CT molecular complexity index is 949. The highest BCUT2D eigenvalue weighted by Gasteiger charge is 2.34. The third-order valence-electron chi connectivity index (χ3n) is 3.36. The van der Waals surface area contributed by atoms with E-state index in [1.165, 1.54) is 42.5 Å². The molecule has 0 spiro atoms. The molecule has 0 unspecified atom stereocenters. The van der Waals surface area contributed by atoms with Crippen LogP contribution in [-0.4, -0.2) is 15.2 Å². The van der Waals surface area contributed by atoms with Crippen LogP contribution in [0.5, 0.6) is 0 Å². The Morgan fingerprint density at radius 3 is 2.68 bits per heavy atom. The number of carbonyl (C=O) groups excluding carboxylic acids is 1. The predicted octanol–water partition coefficient (Wildman–Crippen LogP) is 4.79. The van der Waals surface area contributed by atoms with Crippen LogP contribution in [0.25, 0.3) is 6.08 Å². The first-order valence-corrected chi connectivity index (χ1v) is 8.45. The van der Waals surface area contributed by atoms with E-state index >= 15 is 0 Å². The first-order chi connectivity index (χ1) is 11.9. The molecule has 0 saturated carbocycles. The Balaban J connectivity index is 2.00. The molecule has 9 heteroatoms. The number of benzene rings is 2. The number of nitrogens with zero attached hydrogens (tertiary/aromatic N) is 2. The zero-order valence-electron chi connectivity index (χ0n) is 12.3. The maximum Gasteiger partial charge on any atom is 0.270 e. The van der Waals surface area contributed by atoms with Gasteiger partial charge in [0.05, 0.1) is 15.5 Å². The van der Waals surface area contributed by atoms with Crippen molar-refractivity contribution in [2.45, 2.75) is 0 Å². The van der Waals surface area contributed by atoms with Crippen LogP contribution in [0.3, 0.4) is 0 Å². The number of amides is 1. The number of nitro groups is 1. The number of para-hydroxylation sites is 1. The molecule has 0 atom stereocenters. The molecule has 1 fully saturated rings. The lowest BCUT2D eigenvalue weighted by Gasteiger charge is -2.14. The van der Waals surface area contributed by atoms with Crippen molar-refractivity contribution in [1.82, 2.24) is 0 Å². The molecule has 25 heavy (non-hydrogen) atoms. The second-order valence-corrected chi connectivity index (χ2v) is 7.01. The summed E-state index contributed by atoms with van der Waals surface area (Å²) in [5, 5.41) is 11.1. The Morgan fingerprint density at radius 2 is 2.00 bits per heavy atom. The molecule has 1 saturated heterocycles. The Kier molecular flexibility index (Phi) is 4.85. The fourth-order valence-electron chi connectivity index (χ4n) is 2.21. The van der Waals surface area contributed by atoms with Crippen molar-refractivity contribution in [1.29, 1.82) is 0 Å². The number of thioether (sulfide) groups is 1. The van der Waals surface area contributed by atoms with Crippen LogP contribution in [0, 0.1) is 15.9 Å². The maximum atomic E-state index is 14.0. The number of hydrogen-bond donors (Lipinski definition) is 0. The van der Waals surface area contributed by atoms with E-state index in [1.807, 2.05) is 0 Å². The van der Waals surface area contributed by atoms with E-state index < -0.39 is 16.6 Å². The summed E-state index contributed by atoms with van der Waals surface area (Å²) in [6, 6.07) is 9.69. The molecule has 3 rings (SSSR count). The SMILES string of the molecule is O=C1/C(=C\c2cc([N+](=O)[O-])ccc2Cl)SC(=S)N1c1ccccc1F. The number of thiocarbonyl (C=S) groups is 1. The second-order valence-electron chi connectivity index (χ2n) is 4.93. The van der Waals surface area contributed by atoms with E-state index in [0.29, 0.717) is 5.56 Å². The van der Waals surface area contributed by atoms with Crippen LogP contribution in [-0.2, 0) is 4.79 Å². The molecular formula is C16H8ClFN2O3S2. The number of hydrogen-bond acceptors (Lipinski definition) is 5. The van der Waals surface area contributed by atoms with Gasteiger partial charge in [0.25, 0.3) is 11.6 Å². The van der Waals surface area contributed by atoms with Gasteiger partial charge in [0.2, 0.25) is 0 Å². The minimum Gasteiger partial charge on any atom is -0.268 e. The normalized spacial score (nSPS) is 15.9. The molecular weight excluding hydrogens is 387 g/mol. The molecule has 0 aromatic heterocycles. The summed E-state index contributed by atoms with van der Waals surface area (Å²) in [6.45, 7) is 0. The Hall–Kier alpha value is -2.29. The van der Waals surface area contributed by atoms with E-state index in [1.54, 1.807) is 6.07 Å². The molecule has 1 amide bonds. The molecule has 126 valence electrons. The van der Waals surface area contributed by atoms with E-state index in [0.717, 1.165) is 16.7 Å². The topological polar surface area (TPSA) is 63.4 Å². The third kappa shape index (κ3) is 3.41. The van der Waals surface area contributed by atoms with Crippen molar-refractivity contribution < 1.29 is 14.1 Å². The third-order valence-corrected chi connectivity index (χ3v) is 5.01. The van der Waals surface area contributed by atoms with Gasteiger partial charge in [0.1, 0.15) is 5.82 Å². The quantitative estimate of drug-likeness (QED) is 0.324. The average molecular weight is 395 g/mol. The highest BCUT2D eigenvalue weighted by Crippen LogP contribution is 2.38. The summed E-state index contributed by atoms with van der Waals surface area (Å²) >= 11 is 12.2. The first kappa shape index (κ1) is 17.5. The number of anilines is 1. The van der Waals surface area contributed by atoms with Gasteiger partial charge in [-0.15, -0.1) is 0 Å². The summed E-state index contributed by atoms with van der Waals surface area (Å²) in [6.07, 6.45) is 1.41. The van der Waals surface area contributed by atoms with E-state index in [9.17, 15) is 19.3 Å². The predicted molar refractivity (Wildman–Crippen MR) is 100 cm³/mol. The van der Waals surface area contributed by atoms with Crippen LogP contribution < -0.4 is 4.90 Å². The first-order valence-electron chi connectivity index (χ1n) is 6.85. The smallest absolute Gasteiger partial charge is 0.268 e. The van der Waals surface area contributed by atoms with Crippen molar-refractivity contribution in [3.05, 3.63) is 73.9 Å². The average Bonchev–Trinajstić information content (AvgIpc) is 2.84. The monoisotopic (exact) mass is 394 g/mol. The zero-order chi connectivity index (χ0) is 18.1. The molecule has 2 aromatic carbocycles. The summed E-state index contributed by atoms with van der Waals surface area (Å²) in [5.41, 5.74) is 0.212. The van der Waals surface area contributed by atoms with Crippen LogP contribution >= 0.6 is 35.6 Å². The van der Waals surface area contributed by atoms with Crippen molar-refractivity contribution in [3.8, 4) is 0 Å². The highest BCUT2D eigenvalue weighted by atomic mass is 35.5. The number of carbonyl (C=O) groups is 1.